The smallest absolute Gasteiger partial charge is 0.0544 e. The predicted molar refractivity (Wildman–Crippen MR) is 70.4 cm³/mol. The summed E-state index contributed by atoms with van der Waals surface area (Å²) >= 11 is 0. The second kappa shape index (κ2) is 5.61. The number of hydrogen-bond acceptors (Lipinski definition) is 3. The van der Waals surface area contributed by atoms with E-state index < -0.39 is 0 Å². The summed E-state index contributed by atoms with van der Waals surface area (Å²) in [5, 5.41) is 0. The van der Waals surface area contributed by atoms with Crippen molar-refractivity contribution in [3.63, 3.8) is 0 Å². The number of likely N-dealkylation sites (tertiary alicyclic amines) is 1. The van der Waals surface area contributed by atoms with Crippen molar-refractivity contribution in [1.82, 2.24) is 9.88 Å². The van der Waals surface area contributed by atoms with Gasteiger partial charge >= 0.3 is 0 Å². The van der Waals surface area contributed by atoms with Crippen LogP contribution in [0.25, 0.3) is 0 Å². The molecule has 94 valence electrons. The Morgan fingerprint density at radius 1 is 1.41 bits per heavy atom. The van der Waals surface area contributed by atoms with Gasteiger partial charge < -0.3 is 5.73 Å². The minimum absolute atomic E-state index is 0.574. The minimum atomic E-state index is 0.574. The number of nitrogens with zero attached hydrogens (tertiary/aromatic N) is 2. The third-order valence-electron chi connectivity index (χ3n) is 3.89. The van der Waals surface area contributed by atoms with Gasteiger partial charge in [0.1, 0.15) is 0 Å². The van der Waals surface area contributed by atoms with Crippen molar-refractivity contribution in [3.8, 4) is 0 Å². The van der Waals surface area contributed by atoms with Crippen LogP contribution >= 0.6 is 0 Å². The van der Waals surface area contributed by atoms with Crippen LogP contribution in [0.5, 0.6) is 0 Å². The first-order valence-electron chi connectivity index (χ1n) is 6.64. The molecular formula is C14H23N3. The van der Waals surface area contributed by atoms with Gasteiger partial charge in [-0.2, -0.15) is 0 Å². The highest BCUT2D eigenvalue weighted by atomic mass is 15.2. The van der Waals surface area contributed by atoms with Crippen molar-refractivity contribution in [3.05, 3.63) is 29.6 Å². The van der Waals surface area contributed by atoms with Crippen LogP contribution in [-0.4, -0.2) is 22.0 Å². The van der Waals surface area contributed by atoms with E-state index in [0.717, 1.165) is 23.8 Å². The van der Waals surface area contributed by atoms with Crippen LogP contribution in [0.1, 0.15) is 44.4 Å². The van der Waals surface area contributed by atoms with Crippen molar-refractivity contribution in [2.75, 3.05) is 0 Å². The summed E-state index contributed by atoms with van der Waals surface area (Å²) in [6.07, 6.45) is 5.79. The van der Waals surface area contributed by atoms with Crippen molar-refractivity contribution in [1.29, 1.82) is 0 Å². The first kappa shape index (κ1) is 12.5. The molecule has 0 aliphatic carbocycles. The number of hydrogen-bond donors (Lipinski definition) is 1. The normalized spacial score (nSPS) is 25.4. The van der Waals surface area contributed by atoms with Gasteiger partial charge in [-0.1, -0.05) is 13.0 Å². The van der Waals surface area contributed by atoms with Gasteiger partial charge in [-0.25, -0.2) is 0 Å². The van der Waals surface area contributed by atoms with Crippen molar-refractivity contribution < 1.29 is 0 Å². The van der Waals surface area contributed by atoms with E-state index in [1.807, 2.05) is 6.20 Å². The summed E-state index contributed by atoms with van der Waals surface area (Å²) in [5.74, 6) is 0. The van der Waals surface area contributed by atoms with E-state index in [9.17, 15) is 0 Å². The highest BCUT2D eigenvalue weighted by molar-refractivity contribution is 5.14. The van der Waals surface area contributed by atoms with E-state index in [1.54, 1.807) is 0 Å². The number of nitrogens with two attached hydrogens (primary N) is 1. The van der Waals surface area contributed by atoms with E-state index in [2.05, 4.69) is 35.9 Å². The molecule has 1 fully saturated rings. The summed E-state index contributed by atoms with van der Waals surface area (Å²) in [4.78, 5) is 7.08. The lowest BCUT2D eigenvalue weighted by Gasteiger charge is -2.27. The van der Waals surface area contributed by atoms with Gasteiger partial charge in [0, 0.05) is 31.4 Å². The molecule has 3 heteroatoms. The molecule has 17 heavy (non-hydrogen) atoms. The van der Waals surface area contributed by atoms with Gasteiger partial charge in [-0.3, -0.25) is 9.88 Å². The average Bonchev–Trinajstić information content (AvgIpc) is 2.71. The second-order valence-electron chi connectivity index (χ2n) is 5.02. The summed E-state index contributed by atoms with van der Waals surface area (Å²) < 4.78 is 0. The molecule has 0 radical (unpaired) electrons. The van der Waals surface area contributed by atoms with Crippen LogP contribution in [0.3, 0.4) is 0 Å². The van der Waals surface area contributed by atoms with E-state index in [1.165, 1.54) is 19.3 Å². The Balaban J connectivity index is 2.03. The highest BCUT2D eigenvalue weighted by Crippen LogP contribution is 2.27. The molecule has 3 nitrogen and oxygen atoms in total. The lowest BCUT2D eigenvalue weighted by Crippen LogP contribution is -2.33. The van der Waals surface area contributed by atoms with Gasteiger partial charge in [-0.05, 0) is 37.8 Å². The van der Waals surface area contributed by atoms with Crippen LogP contribution in [-0.2, 0) is 13.1 Å². The largest absolute Gasteiger partial charge is 0.326 e. The van der Waals surface area contributed by atoms with Crippen molar-refractivity contribution >= 4 is 0 Å². The SMILES string of the molecule is CCC1CCC(C)N1Cc1ccc(CN)cn1. The third kappa shape index (κ3) is 2.85. The van der Waals surface area contributed by atoms with Crippen molar-refractivity contribution in [2.24, 2.45) is 5.73 Å². The molecule has 1 aromatic heterocycles. The Kier molecular flexibility index (Phi) is 4.13. The van der Waals surface area contributed by atoms with E-state index in [4.69, 9.17) is 5.73 Å². The molecule has 1 saturated heterocycles. The predicted octanol–water partition coefficient (Wildman–Crippen LogP) is 2.30. The fraction of sp³-hybridized carbons (Fsp3) is 0.643. The molecule has 0 amide bonds. The number of pyridine rings is 1. The molecule has 2 heterocycles. The fourth-order valence-electron chi connectivity index (χ4n) is 2.71. The zero-order valence-corrected chi connectivity index (χ0v) is 10.9. The highest BCUT2D eigenvalue weighted by Gasteiger charge is 2.29. The Morgan fingerprint density at radius 3 is 2.82 bits per heavy atom. The number of rotatable bonds is 4. The second-order valence-corrected chi connectivity index (χ2v) is 5.02. The quantitative estimate of drug-likeness (QED) is 0.867. The zero-order valence-electron chi connectivity index (χ0n) is 10.9. The molecule has 0 bridgehead atoms. The van der Waals surface area contributed by atoms with Crippen LogP contribution < -0.4 is 5.73 Å². The summed E-state index contributed by atoms with van der Waals surface area (Å²) in [6.45, 7) is 6.15. The maximum absolute atomic E-state index is 5.58. The van der Waals surface area contributed by atoms with E-state index in [0.29, 0.717) is 12.6 Å². The molecule has 0 saturated carbocycles. The number of aromatic nitrogens is 1. The third-order valence-corrected chi connectivity index (χ3v) is 3.89. The van der Waals surface area contributed by atoms with Crippen molar-refractivity contribution in [2.45, 2.75) is 58.3 Å². The summed E-state index contributed by atoms with van der Waals surface area (Å²) in [6, 6.07) is 5.63. The van der Waals surface area contributed by atoms with E-state index >= 15 is 0 Å². The van der Waals surface area contributed by atoms with Gasteiger partial charge in [0.15, 0.2) is 0 Å². The molecule has 1 aromatic rings. The van der Waals surface area contributed by atoms with Gasteiger partial charge in [0.05, 0.1) is 5.69 Å². The Hall–Kier alpha value is -0.930. The van der Waals surface area contributed by atoms with Crippen LogP contribution in [0.4, 0.5) is 0 Å². The molecule has 1 aliphatic rings. The first-order valence-corrected chi connectivity index (χ1v) is 6.64. The maximum atomic E-state index is 5.58. The lowest BCUT2D eigenvalue weighted by atomic mass is 10.1. The van der Waals surface area contributed by atoms with E-state index in [-0.39, 0.29) is 0 Å². The topological polar surface area (TPSA) is 42.1 Å². The molecule has 2 unspecified atom stereocenters. The summed E-state index contributed by atoms with van der Waals surface area (Å²) in [5.41, 5.74) is 7.85. The molecule has 1 aliphatic heterocycles. The van der Waals surface area contributed by atoms with Gasteiger partial charge in [0.2, 0.25) is 0 Å². The summed E-state index contributed by atoms with van der Waals surface area (Å²) in [7, 11) is 0. The molecule has 2 N–H and O–H groups in total. The van der Waals surface area contributed by atoms with Gasteiger partial charge in [-0.15, -0.1) is 0 Å². The molecule has 2 atom stereocenters. The Morgan fingerprint density at radius 2 is 2.24 bits per heavy atom. The Bertz CT molecular complexity index is 347. The monoisotopic (exact) mass is 233 g/mol. The molecular weight excluding hydrogens is 210 g/mol. The lowest BCUT2D eigenvalue weighted by molar-refractivity contribution is 0.187. The Labute approximate surface area is 104 Å². The zero-order chi connectivity index (χ0) is 12.3. The fourth-order valence-corrected chi connectivity index (χ4v) is 2.71. The molecule has 0 aromatic carbocycles. The van der Waals surface area contributed by atoms with Gasteiger partial charge in [0.25, 0.3) is 0 Å². The first-order chi connectivity index (χ1) is 8.24. The average molecular weight is 233 g/mol. The molecule has 0 spiro atoms. The van der Waals surface area contributed by atoms with Crippen LogP contribution in [0.15, 0.2) is 18.3 Å². The molecule has 2 rings (SSSR count). The van der Waals surface area contributed by atoms with Crippen LogP contribution in [0.2, 0.25) is 0 Å². The minimum Gasteiger partial charge on any atom is -0.326 e. The standard InChI is InChI=1S/C14H23N3/c1-3-14-7-4-11(2)17(14)10-13-6-5-12(8-15)9-16-13/h5-6,9,11,14H,3-4,7-8,10,15H2,1-2H3. The maximum Gasteiger partial charge on any atom is 0.0544 e. The van der Waals surface area contributed by atoms with Crippen LogP contribution in [0, 0.1) is 0 Å².